The Bertz CT molecular complexity index is 408. The molecule has 0 aliphatic heterocycles. The van der Waals surface area contributed by atoms with E-state index in [1.54, 1.807) is 0 Å². The molecule has 0 aromatic heterocycles. The lowest BCUT2D eigenvalue weighted by Gasteiger charge is -2.10. The van der Waals surface area contributed by atoms with Crippen LogP contribution in [0.4, 0.5) is 22.0 Å². The minimum absolute atomic E-state index is 0.0156. The quantitative estimate of drug-likeness (QED) is 0.528. The average Bonchev–Trinajstić information content (AvgIpc) is 2.06. The second-order valence-electron chi connectivity index (χ2n) is 2.87. The van der Waals surface area contributed by atoms with Crippen molar-refractivity contribution in [3.8, 4) is 0 Å². The molecule has 0 unspecified atom stereocenters. The topological polar surface area (TPSA) is 17.1 Å². The third-order valence-corrected chi connectivity index (χ3v) is 1.72. The van der Waals surface area contributed by atoms with Crippen molar-refractivity contribution in [3.05, 3.63) is 34.9 Å². The fraction of sp³-hybridized carbons (Fsp3) is 0.222. The first-order valence-electron chi connectivity index (χ1n) is 3.80. The summed E-state index contributed by atoms with van der Waals surface area (Å²) in [5, 5.41) is 0. The maximum atomic E-state index is 13.1. The molecule has 0 spiro atoms. The van der Waals surface area contributed by atoms with Crippen LogP contribution in [0.2, 0.25) is 0 Å². The van der Waals surface area contributed by atoms with Gasteiger partial charge in [0.1, 0.15) is 11.6 Å². The zero-order chi connectivity index (χ0) is 11.8. The van der Waals surface area contributed by atoms with E-state index in [1.165, 1.54) is 0 Å². The van der Waals surface area contributed by atoms with Gasteiger partial charge in [-0.3, -0.25) is 4.79 Å². The largest absolute Gasteiger partial charge is 0.419 e. The highest BCUT2D eigenvalue weighted by molar-refractivity contribution is 5.94. The molecule has 0 atom stereocenters. The van der Waals surface area contributed by atoms with E-state index in [0.29, 0.717) is 6.07 Å². The lowest BCUT2D eigenvalue weighted by molar-refractivity contribution is -0.140. The monoisotopic (exact) mass is 224 g/mol. The smallest absolute Gasteiger partial charge is 0.294 e. The average molecular weight is 224 g/mol. The number of benzene rings is 1. The van der Waals surface area contributed by atoms with Gasteiger partial charge in [0.15, 0.2) is 5.78 Å². The first-order valence-corrected chi connectivity index (χ1v) is 3.80. The van der Waals surface area contributed by atoms with E-state index < -0.39 is 34.7 Å². The van der Waals surface area contributed by atoms with E-state index in [0.717, 1.165) is 6.92 Å². The van der Waals surface area contributed by atoms with Crippen LogP contribution >= 0.6 is 0 Å². The summed E-state index contributed by atoms with van der Waals surface area (Å²) >= 11 is 0. The van der Waals surface area contributed by atoms with Gasteiger partial charge in [-0.1, -0.05) is 0 Å². The van der Waals surface area contributed by atoms with Crippen LogP contribution in [-0.2, 0) is 6.18 Å². The van der Waals surface area contributed by atoms with Gasteiger partial charge < -0.3 is 0 Å². The SMILES string of the molecule is CC(=O)c1cc(F)cc(C(F)(F)F)c1F. The van der Waals surface area contributed by atoms with Crippen molar-refractivity contribution < 1.29 is 26.7 Å². The van der Waals surface area contributed by atoms with Gasteiger partial charge in [0.25, 0.3) is 0 Å². The minimum Gasteiger partial charge on any atom is -0.294 e. The molecular weight excluding hydrogens is 219 g/mol. The molecular formula is C9H5F5O. The summed E-state index contributed by atoms with van der Waals surface area (Å²) in [6.45, 7) is 0.859. The van der Waals surface area contributed by atoms with Crippen LogP contribution in [0.5, 0.6) is 0 Å². The van der Waals surface area contributed by atoms with Gasteiger partial charge in [-0.25, -0.2) is 8.78 Å². The molecule has 0 N–H and O–H groups in total. The van der Waals surface area contributed by atoms with Crippen LogP contribution in [0, 0.1) is 11.6 Å². The zero-order valence-electron chi connectivity index (χ0n) is 7.45. The van der Waals surface area contributed by atoms with E-state index >= 15 is 0 Å². The molecule has 6 heteroatoms. The van der Waals surface area contributed by atoms with Crippen molar-refractivity contribution in [1.82, 2.24) is 0 Å². The van der Waals surface area contributed by atoms with E-state index in [1.807, 2.05) is 0 Å². The molecule has 1 aromatic carbocycles. The van der Waals surface area contributed by atoms with Crippen molar-refractivity contribution in [2.24, 2.45) is 0 Å². The van der Waals surface area contributed by atoms with Gasteiger partial charge in [0.05, 0.1) is 11.1 Å². The Balaban J connectivity index is 3.49. The van der Waals surface area contributed by atoms with Gasteiger partial charge in [-0.15, -0.1) is 0 Å². The maximum absolute atomic E-state index is 13.1. The molecule has 1 aromatic rings. The molecule has 82 valence electrons. The van der Waals surface area contributed by atoms with E-state index in [4.69, 9.17) is 0 Å². The highest BCUT2D eigenvalue weighted by Gasteiger charge is 2.36. The summed E-state index contributed by atoms with van der Waals surface area (Å²) in [6, 6.07) is 0.453. The summed E-state index contributed by atoms with van der Waals surface area (Å²) in [5.41, 5.74) is -2.67. The highest BCUT2D eigenvalue weighted by atomic mass is 19.4. The maximum Gasteiger partial charge on any atom is 0.419 e. The van der Waals surface area contributed by atoms with Crippen molar-refractivity contribution in [2.75, 3.05) is 0 Å². The number of ketones is 1. The molecule has 0 fully saturated rings. The Morgan fingerprint density at radius 3 is 2.13 bits per heavy atom. The van der Waals surface area contributed by atoms with Gasteiger partial charge in [-0.2, -0.15) is 13.2 Å². The normalized spacial score (nSPS) is 11.6. The van der Waals surface area contributed by atoms with Gasteiger partial charge in [0, 0.05) is 0 Å². The first kappa shape index (κ1) is 11.6. The predicted octanol–water partition coefficient (Wildman–Crippen LogP) is 3.19. The summed E-state index contributed by atoms with van der Waals surface area (Å²) < 4.78 is 62.2. The Labute approximate surface area is 81.5 Å². The summed E-state index contributed by atoms with van der Waals surface area (Å²) in [4.78, 5) is 10.7. The predicted molar refractivity (Wildman–Crippen MR) is 41.4 cm³/mol. The van der Waals surface area contributed by atoms with Crippen LogP contribution in [0.1, 0.15) is 22.8 Å². The molecule has 0 amide bonds. The number of halogens is 5. The van der Waals surface area contributed by atoms with Crippen LogP contribution < -0.4 is 0 Å². The van der Waals surface area contributed by atoms with Gasteiger partial charge in [0.2, 0.25) is 0 Å². The lowest BCUT2D eigenvalue weighted by atomic mass is 10.1. The third-order valence-electron chi connectivity index (χ3n) is 1.72. The molecule has 0 radical (unpaired) electrons. The van der Waals surface area contributed by atoms with Crippen LogP contribution in [0.15, 0.2) is 12.1 Å². The molecule has 0 heterocycles. The second-order valence-corrected chi connectivity index (χ2v) is 2.87. The van der Waals surface area contributed by atoms with Gasteiger partial charge in [-0.05, 0) is 19.1 Å². The molecule has 15 heavy (non-hydrogen) atoms. The van der Waals surface area contributed by atoms with Crippen molar-refractivity contribution in [2.45, 2.75) is 13.1 Å². The second kappa shape index (κ2) is 3.60. The Morgan fingerprint density at radius 1 is 1.20 bits per heavy atom. The number of carbonyl (C=O) groups excluding carboxylic acids is 1. The van der Waals surface area contributed by atoms with Crippen molar-refractivity contribution in [3.63, 3.8) is 0 Å². The highest BCUT2D eigenvalue weighted by Crippen LogP contribution is 2.33. The number of alkyl halides is 3. The standard InChI is InChI=1S/C9H5F5O/c1-4(15)6-2-5(10)3-7(8(6)11)9(12,13)14/h2-3H,1H3. The van der Waals surface area contributed by atoms with Crippen molar-refractivity contribution in [1.29, 1.82) is 0 Å². The molecule has 0 aliphatic carbocycles. The Morgan fingerprint density at radius 2 is 1.73 bits per heavy atom. The first-order chi connectivity index (χ1) is 6.73. The van der Waals surface area contributed by atoms with Crippen LogP contribution in [0.3, 0.4) is 0 Å². The summed E-state index contributed by atoms with van der Waals surface area (Å²) in [6.07, 6.45) is -5.02. The Hall–Kier alpha value is -1.46. The lowest BCUT2D eigenvalue weighted by Crippen LogP contribution is -2.12. The number of rotatable bonds is 1. The number of Topliss-reactive ketones (excluding diaryl/α,β-unsaturated/α-hetero) is 1. The number of hydrogen-bond acceptors (Lipinski definition) is 1. The minimum atomic E-state index is -5.02. The molecule has 1 nitrogen and oxygen atoms in total. The molecule has 0 aliphatic rings. The molecule has 0 bridgehead atoms. The van der Waals surface area contributed by atoms with Crippen molar-refractivity contribution >= 4 is 5.78 Å². The molecule has 0 saturated carbocycles. The van der Waals surface area contributed by atoms with Crippen LogP contribution in [-0.4, -0.2) is 5.78 Å². The molecule has 1 rings (SSSR count). The van der Waals surface area contributed by atoms with E-state index in [-0.39, 0.29) is 6.07 Å². The number of hydrogen-bond donors (Lipinski definition) is 0. The summed E-state index contributed by atoms with van der Waals surface area (Å²) in [7, 11) is 0. The fourth-order valence-corrected chi connectivity index (χ4v) is 1.05. The van der Waals surface area contributed by atoms with E-state index in [2.05, 4.69) is 0 Å². The number of carbonyl (C=O) groups is 1. The zero-order valence-corrected chi connectivity index (χ0v) is 7.45. The van der Waals surface area contributed by atoms with Crippen LogP contribution in [0.25, 0.3) is 0 Å². The fourth-order valence-electron chi connectivity index (χ4n) is 1.05. The van der Waals surface area contributed by atoms with Gasteiger partial charge >= 0.3 is 6.18 Å². The summed E-state index contributed by atoms with van der Waals surface area (Å²) in [5.74, 6) is -4.00. The van der Waals surface area contributed by atoms with E-state index in [9.17, 15) is 26.7 Å². The third kappa shape index (κ3) is 2.31. The molecule has 0 saturated heterocycles. The Kier molecular flexibility index (Phi) is 2.79.